The molecule has 5 heteroatoms. The molecule has 0 aromatic heterocycles. The molecule has 106 valence electrons. The van der Waals surface area contributed by atoms with Crippen LogP contribution >= 0.6 is 11.8 Å². The summed E-state index contributed by atoms with van der Waals surface area (Å²) in [5.41, 5.74) is 7.23. The maximum absolute atomic E-state index is 10.8. The summed E-state index contributed by atoms with van der Waals surface area (Å²) in [6.45, 7) is 2.04. The predicted molar refractivity (Wildman–Crippen MR) is 77.9 cm³/mol. The highest BCUT2D eigenvalue weighted by Gasteiger charge is 2.18. The molecule has 0 spiro atoms. The van der Waals surface area contributed by atoms with E-state index in [4.69, 9.17) is 5.73 Å². The van der Waals surface area contributed by atoms with Gasteiger partial charge in [-0.05, 0) is 30.5 Å². The summed E-state index contributed by atoms with van der Waals surface area (Å²) in [7, 11) is 0. The lowest BCUT2D eigenvalue weighted by Crippen LogP contribution is -2.19. The third kappa shape index (κ3) is 5.74. The van der Waals surface area contributed by atoms with Gasteiger partial charge in [0.15, 0.2) is 5.12 Å². The van der Waals surface area contributed by atoms with E-state index in [0.717, 1.165) is 23.7 Å². The lowest BCUT2D eigenvalue weighted by Gasteiger charge is -2.18. The fourth-order valence-electron chi connectivity index (χ4n) is 1.80. The molecule has 0 amide bonds. The third-order valence-corrected chi connectivity index (χ3v) is 3.66. The standard InChI is InChI=1S/C14H21NO3S/c1-10(16)19-8-6-13(17)14(18)12-4-2-3-11(9-12)5-7-15/h2-4,9,13-14,17-18H,5-8,15H2,1H3. The van der Waals surface area contributed by atoms with Crippen molar-refractivity contribution in [3.8, 4) is 0 Å². The Hall–Kier alpha value is -0.880. The van der Waals surface area contributed by atoms with E-state index in [1.165, 1.54) is 6.92 Å². The second kappa shape index (κ2) is 8.32. The molecule has 0 bridgehead atoms. The van der Waals surface area contributed by atoms with Crippen molar-refractivity contribution in [2.75, 3.05) is 12.3 Å². The monoisotopic (exact) mass is 283 g/mol. The Morgan fingerprint density at radius 3 is 2.79 bits per heavy atom. The van der Waals surface area contributed by atoms with Gasteiger partial charge in [-0.1, -0.05) is 36.0 Å². The molecule has 2 atom stereocenters. The van der Waals surface area contributed by atoms with Crippen LogP contribution in [0.3, 0.4) is 0 Å². The van der Waals surface area contributed by atoms with Gasteiger partial charge in [-0.15, -0.1) is 0 Å². The number of rotatable bonds is 7. The first kappa shape index (κ1) is 16.2. The van der Waals surface area contributed by atoms with Gasteiger partial charge in [-0.2, -0.15) is 0 Å². The van der Waals surface area contributed by atoms with E-state index in [2.05, 4.69) is 0 Å². The molecule has 0 saturated carbocycles. The van der Waals surface area contributed by atoms with E-state index in [-0.39, 0.29) is 5.12 Å². The van der Waals surface area contributed by atoms with Crippen molar-refractivity contribution in [3.05, 3.63) is 35.4 Å². The van der Waals surface area contributed by atoms with E-state index >= 15 is 0 Å². The zero-order chi connectivity index (χ0) is 14.3. The van der Waals surface area contributed by atoms with Crippen LogP contribution in [0.25, 0.3) is 0 Å². The van der Waals surface area contributed by atoms with E-state index < -0.39 is 12.2 Å². The number of thioether (sulfide) groups is 1. The summed E-state index contributed by atoms with van der Waals surface area (Å²) in [6.07, 6.45) is -0.658. The topological polar surface area (TPSA) is 83.5 Å². The Labute approximate surface area is 118 Å². The Kier molecular flexibility index (Phi) is 7.09. The molecule has 4 nitrogen and oxygen atoms in total. The van der Waals surface area contributed by atoms with E-state index in [1.807, 2.05) is 18.2 Å². The number of nitrogens with two attached hydrogens (primary N) is 1. The first-order valence-corrected chi connectivity index (χ1v) is 7.31. The van der Waals surface area contributed by atoms with E-state index in [0.29, 0.717) is 24.3 Å². The minimum Gasteiger partial charge on any atom is -0.390 e. The highest BCUT2D eigenvalue weighted by Crippen LogP contribution is 2.21. The molecule has 19 heavy (non-hydrogen) atoms. The maximum Gasteiger partial charge on any atom is 0.185 e. The van der Waals surface area contributed by atoms with Crippen molar-refractivity contribution < 1.29 is 15.0 Å². The summed E-state index contributed by atoms with van der Waals surface area (Å²) in [4.78, 5) is 10.8. The van der Waals surface area contributed by atoms with Crippen molar-refractivity contribution in [2.45, 2.75) is 32.0 Å². The van der Waals surface area contributed by atoms with Crippen LogP contribution in [0.1, 0.15) is 30.6 Å². The van der Waals surface area contributed by atoms with Crippen molar-refractivity contribution in [1.29, 1.82) is 0 Å². The minimum absolute atomic E-state index is 0.0200. The normalized spacial score (nSPS) is 14.1. The first-order chi connectivity index (χ1) is 9.04. The fraction of sp³-hybridized carbons (Fsp3) is 0.500. The van der Waals surface area contributed by atoms with Crippen LogP contribution < -0.4 is 5.73 Å². The molecule has 0 saturated heterocycles. The molecular formula is C14H21NO3S. The number of benzene rings is 1. The summed E-state index contributed by atoms with van der Waals surface area (Å²) in [5, 5.41) is 20.0. The summed E-state index contributed by atoms with van der Waals surface area (Å²) in [6, 6.07) is 7.44. The molecule has 0 aliphatic carbocycles. The zero-order valence-electron chi connectivity index (χ0n) is 11.1. The molecule has 4 N–H and O–H groups in total. The van der Waals surface area contributed by atoms with E-state index in [9.17, 15) is 15.0 Å². The second-order valence-electron chi connectivity index (χ2n) is 4.42. The summed E-state index contributed by atoms with van der Waals surface area (Å²) in [5.74, 6) is 0.510. The molecular weight excluding hydrogens is 262 g/mol. The minimum atomic E-state index is -0.926. The SMILES string of the molecule is CC(=O)SCCC(O)C(O)c1cccc(CCN)c1. The van der Waals surface area contributed by atoms with Gasteiger partial charge in [0.25, 0.3) is 0 Å². The van der Waals surface area contributed by atoms with Gasteiger partial charge in [-0.3, -0.25) is 4.79 Å². The number of hydrogen-bond donors (Lipinski definition) is 3. The lowest BCUT2D eigenvalue weighted by atomic mass is 9.99. The number of aliphatic hydroxyl groups is 2. The summed E-state index contributed by atoms with van der Waals surface area (Å²) >= 11 is 1.16. The number of aliphatic hydroxyl groups excluding tert-OH is 2. The third-order valence-electron chi connectivity index (χ3n) is 2.81. The van der Waals surface area contributed by atoms with Crippen LogP contribution in [0.5, 0.6) is 0 Å². The molecule has 1 rings (SSSR count). The lowest BCUT2D eigenvalue weighted by molar-refractivity contribution is -0.109. The van der Waals surface area contributed by atoms with Crippen LogP contribution in [0, 0.1) is 0 Å². The maximum atomic E-state index is 10.8. The van der Waals surface area contributed by atoms with Gasteiger partial charge in [0, 0.05) is 12.7 Å². The largest absolute Gasteiger partial charge is 0.390 e. The Morgan fingerprint density at radius 2 is 2.16 bits per heavy atom. The van der Waals surface area contributed by atoms with Crippen molar-refractivity contribution in [1.82, 2.24) is 0 Å². The van der Waals surface area contributed by atoms with Crippen molar-refractivity contribution in [2.24, 2.45) is 5.73 Å². The average molecular weight is 283 g/mol. The molecule has 1 aromatic rings. The van der Waals surface area contributed by atoms with Crippen LogP contribution in [-0.4, -0.2) is 33.7 Å². The molecule has 0 radical (unpaired) electrons. The van der Waals surface area contributed by atoms with Gasteiger partial charge in [0.05, 0.1) is 6.10 Å². The molecule has 0 heterocycles. The zero-order valence-corrected chi connectivity index (χ0v) is 11.9. The van der Waals surface area contributed by atoms with E-state index in [1.54, 1.807) is 6.07 Å². The van der Waals surface area contributed by atoms with Crippen molar-refractivity contribution >= 4 is 16.9 Å². The van der Waals surface area contributed by atoms with Gasteiger partial charge in [-0.25, -0.2) is 0 Å². The van der Waals surface area contributed by atoms with Crippen LogP contribution in [-0.2, 0) is 11.2 Å². The fourth-order valence-corrected chi connectivity index (χ4v) is 2.45. The molecule has 0 aliphatic rings. The van der Waals surface area contributed by atoms with Crippen LogP contribution in [0.15, 0.2) is 24.3 Å². The average Bonchev–Trinajstić information content (AvgIpc) is 2.38. The molecule has 2 unspecified atom stereocenters. The van der Waals surface area contributed by atoms with Crippen molar-refractivity contribution in [3.63, 3.8) is 0 Å². The Bertz CT molecular complexity index is 411. The number of carbonyl (C=O) groups is 1. The number of carbonyl (C=O) groups excluding carboxylic acids is 1. The molecule has 0 fully saturated rings. The smallest absolute Gasteiger partial charge is 0.185 e. The van der Waals surface area contributed by atoms with Crippen LogP contribution in [0.4, 0.5) is 0 Å². The van der Waals surface area contributed by atoms with Gasteiger partial charge in [0.1, 0.15) is 6.10 Å². The highest BCUT2D eigenvalue weighted by atomic mass is 32.2. The van der Waals surface area contributed by atoms with Gasteiger partial charge >= 0.3 is 0 Å². The molecule has 1 aromatic carbocycles. The first-order valence-electron chi connectivity index (χ1n) is 6.33. The molecule has 0 aliphatic heterocycles. The van der Waals surface area contributed by atoms with Gasteiger partial charge < -0.3 is 15.9 Å². The Morgan fingerprint density at radius 1 is 1.42 bits per heavy atom. The van der Waals surface area contributed by atoms with Gasteiger partial charge in [0.2, 0.25) is 0 Å². The second-order valence-corrected chi connectivity index (χ2v) is 5.70. The summed E-state index contributed by atoms with van der Waals surface area (Å²) < 4.78 is 0. The quantitative estimate of drug-likeness (QED) is 0.701. The highest BCUT2D eigenvalue weighted by molar-refractivity contribution is 8.13. The van der Waals surface area contributed by atoms with Crippen LogP contribution in [0.2, 0.25) is 0 Å². The number of hydrogen-bond acceptors (Lipinski definition) is 5. The predicted octanol–water partition coefficient (Wildman–Crippen LogP) is 1.25. The Balaban J connectivity index is 2.57.